The third-order valence-electron chi connectivity index (χ3n) is 2.95. The van der Waals surface area contributed by atoms with Crippen LogP contribution in [0.3, 0.4) is 0 Å². The molecule has 0 unspecified atom stereocenters. The Labute approximate surface area is 122 Å². The van der Waals surface area contributed by atoms with Crippen molar-refractivity contribution >= 4 is 23.0 Å². The first-order valence-corrected chi connectivity index (χ1v) is 7.31. The van der Waals surface area contributed by atoms with Crippen LogP contribution in [0.1, 0.15) is 11.1 Å². The molecule has 0 amide bonds. The Bertz CT molecular complexity index is 717. The van der Waals surface area contributed by atoms with E-state index in [4.69, 9.17) is 0 Å². The molecule has 2 heterocycles. The number of aromatic nitrogens is 2. The standard InChI is InChI=1S/C16H15N3S/c1-11-3-5-13(6-4-11)18-16-17-8-7-14(19-16)15-9-12(2)10-20-15/h3-10H,1-2H3,(H,17,18,19). The summed E-state index contributed by atoms with van der Waals surface area (Å²) in [5, 5.41) is 5.36. The van der Waals surface area contributed by atoms with Crippen molar-refractivity contribution in [2.24, 2.45) is 0 Å². The lowest BCUT2D eigenvalue weighted by molar-refractivity contribution is 1.17. The summed E-state index contributed by atoms with van der Waals surface area (Å²) in [4.78, 5) is 10.00. The van der Waals surface area contributed by atoms with Gasteiger partial charge in [-0.1, -0.05) is 17.7 Å². The molecular formula is C16H15N3S. The molecule has 0 saturated carbocycles. The highest BCUT2D eigenvalue weighted by atomic mass is 32.1. The van der Waals surface area contributed by atoms with Crippen molar-refractivity contribution in [1.29, 1.82) is 0 Å². The van der Waals surface area contributed by atoms with Gasteiger partial charge in [0, 0.05) is 11.9 Å². The number of hydrogen-bond donors (Lipinski definition) is 1. The Hall–Kier alpha value is -2.20. The maximum Gasteiger partial charge on any atom is 0.227 e. The van der Waals surface area contributed by atoms with Crippen molar-refractivity contribution in [2.75, 3.05) is 5.32 Å². The number of aryl methyl sites for hydroxylation is 2. The molecule has 20 heavy (non-hydrogen) atoms. The molecule has 3 rings (SSSR count). The van der Waals surface area contributed by atoms with E-state index in [0.717, 1.165) is 16.3 Å². The number of anilines is 2. The second kappa shape index (κ2) is 5.43. The number of nitrogens with zero attached hydrogens (tertiary/aromatic N) is 2. The van der Waals surface area contributed by atoms with Crippen LogP contribution in [0.4, 0.5) is 11.6 Å². The van der Waals surface area contributed by atoms with E-state index in [1.807, 2.05) is 18.2 Å². The Balaban J connectivity index is 1.86. The van der Waals surface area contributed by atoms with Crippen molar-refractivity contribution in [3.05, 3.63) is 59.1 Å². The van der Waals surface area contributed by atoms with Crippen LogP contribution in [0.25, 0.3) is 10.6 Å². The molecule has 3 aromatic rings. The first kappa shape index (κ1) is 12.8. The van der Waals surface area contributed by atoms with Crippen LogP contribution in [-0.2, 0) is 0 Å². The molecule has 4 heteroatoms. The summed E-state index contributed by atoms with van der Waals surface area (Å²) in [5.41, 5.74) is 4.44. The second-order valence-corrected chi connectivity index (χ2v) is 5.66. The molecule has 100 valence electrons. The lowest BCUT2D eigenvalue weighted by Gasteiger charge is -2.06. The fourth-order valence-corrected chi connectivity index (χ4v) is 2.76. The fourth-order valence-electron chi connectivity index (χ4n) is 1.89. The molecule has 1 N–H and O–H groups in total. The zero-order valence-electron chi connectivity index (χ0n) is 11.4. The second-order valence-electron chi connectivity index (χ2n) is 4.74. The topological polar surface area (TPSA) is 37.8 Å². The molecular weight excluding hydrogens is 266 g/mol. The van der Waals surface area contributed by atoms with Crippen LogP contribution in [-0.4, -0.2) is 9.97 Å². The zero-order chi connectivity index (χ0) is 13.9. The summed E-state index contributed by atoms with van der Waals surface area (Å²) >= 11 is 1.70. The molecule has 0 atom stereocenters. The number of rotatable bonds is 3. The van der Waals surface area contributed by atoms with Gasteiger partial charge in [-0.2, -0.15) is 0 Å². The van der Waals surface area contributed by atoms with Crippen molar-refractivity contribution in [2.45, 2.75) is 13.8 Å². The third kappa shape index (κ3) is 2.86. The van der Waals surface area contributed by atoms with Gasteiger partial charge < -0.3 is 5.32 Å². The number of benzene rings is 1. The number of thiophene rings is 1. The van der Waals surface area contributed by atoms with E-state index in [1.165, 1.54) is 11.1 Å². The Morgan fingerprint density at radius 2 is 1.80 bits per heavy atom. The Morgan fingerprint density at radius 1 is 1.00 bits per heavy atom. The molecule has 0 aliphatic rings. The maximum absolute atomic E-state index is 4.56. The average molecular weight is 281 g/mol. The van der Waals surface area contributed by atoms with Gasteiger partial charge in [0.1, 0.15) is 0 Å². The maximum atomic E-state index is 4.56. The highest BCUT2D eigenvalue weighted by Crippen LogP contribution is 2.26. The smallest absolute Gasteiger partial charge is 0.227 e. The van der Waals surface area contributed by atoms with Crippen LogP contribution >= 0.6 is 11.3 Å². The molecule has 0 bridgehead atoms. The summed E-state index contributed by atoms with van der Waals surface area (Å²) in [6.07, 6.45) is 1.79. The van der Waals surface area contributed by atoms with Gasteiger partial charge in [0.2, 0.25) is 5.95 Å². The third-order valence-corrected chi connectivity index (χ3v) is 4.02. The molecule has 1 aromatic carbocycles. The van der Waals surface area contributed by atoms with E-state index in [1.54, 1.807) is 17.5 Å². The van der Waals surface area contributed by atoms with Crippen LogP contribution in [0.15, 0.2) is 48.0 Å². The van der Waals surface area contributed by atoms with Gasteiger partial charge in [0.15, 0.2) is 0 Å². The van der Waals surface area contributed by atoms with E-state index in [2.05, 4.69) is 52.7 Å². The van der Waals surface area contributed by atoms with Crippen molar-refractivity contribution in [1.82, 2.24) is 9.97 Å². The Kier molecular flexibility index (Phi) is 3.48. The van der Waals surface area contributed by atoms with Gasteiger partial charge in [0.05, 0.1) is 10.6 Å². The largest absolute Gasteiger partial charge is 0.324 e. The van der Waals surface area contributed by atoms with Gasteiger partial charge in [-0.25, -0.2) is 9.97 Å². The summed E-state index contributed by atoms with van der Waals surface area (Å²) in [6, 6.07) is 12.3. The SMILES string of the molecule is Cc1ccc(Nc2nccc(-c3cc(C)cs3)n2)cc1. The van der Waals surface area contributed by atoms with E-state index in [9.17, 15) is 0 Å². The van der Waals surface area contributed by atoms with Gasteiger partial charge in [-0.15, -0.1) is 11.3 Å². The van der Waals surface area contributed by atoms with Crippen LogP contribution in [0.5, 0.6) is 0 Å². The van der Waals surface area contributed by atoms with Crippen molar-refractivity contribution in [3.8, 4) is 10.6 Å². The first-order valence-electron chi connectivity index (χ1n) is 6.43. The normalized spacial score (nSPS) is 10.5. The predicted molar refractivity (Wildman–Crippen MR) is 84.5 cm³/mol. The summed E-state index contributed by atoms with van der Waals surface area (Å²) in [6.45, 7) is 4.16. The molecule has 0 saturated heterocycles. The Morgan fingerprint density at radius 3 is 2.50 bits per heavy atom. The summed E-state index contributed by atoms with van der Waals surface area (Å²) in [7, 11) is 0. The van der Waals surface area contributed by atoms with Crippen molar-refractivity contribution in [3.63, 3.8) is 0 Å². The van der Waals surface area contributed by atoms with Crippen molar-refractivity contribution < 1.29 is 0 Å². The zero-order valence-corrected chi connectivity index (χ0v) is 12.2. The molecule has 3 nitrogen and oxygen atoms in total. The van der Waals surface area contributed by atoms with Crippen LogP contribution in [0.2, 0.25) is 0 Å². The van der Waals surface area contributed by atoms with Gasteiger partial charge >= 0.3 is 0 Å². The highest BCUT2D eigenvalue weighted by molar-refractivity contribution is 7.13. The average Bonchev–Trinajstić information content (AvgIpc) is 2.89. The quantitative estimate of drug-likeness (QED) is 0.764. The summed E-state index contributed by atoms with van der Waals surface area (Å²) < 4.78 is 0. The molecule has 0 aliphatic carbocycles. The minimum absolute atomic E-state index is 0.623. The summed E-state index contributed by atoms with van der Waals surface area (Å²) in [5.74, 6) is 0.623. The monoisotopic (exact) mass is 281 g/mol. The molecule has 0 spiro atoms. The molecule has 0 aliphatic heterocycles. The molecule has 0 radical (unpaired) electrons. The van der Waals surface area contributed by atoms with Crippen LogP contribution < -0.4 is 5.32 Å². The number of nitrogens with one attached hydrogen (secondary N) is 1. The van der Waals surface area contributed by atoms with E-state index >= 15 is 0 Å². The lowest BCUT2D eigenvalue weighted by atomic mass is 10.2. The van der Waals surface area contributed by atoms with Gasteiger partial charge in [-0.05, 0) is 49.1 Å². The minimum atomic E-state index is 0.623. The molecule has 2 aromatic heterocycles. The predicted octanol–water partition coefficient (Wildman–Crippen LogP) is 4.57. The van der Waals surface area contributed by atoms with E-state index < -0.39 is 0 Å². The first-order chi connectivity index (χ1) is 9.70. The number of hydrogen-bond acceptors (Lipinski definition) is 4. The van der Waals surface area contributed by atoms with E-state index in [-0.39, 0.29) is 0 Å². The van der Waals surface area contributed by atoms with Gasteiger partial charge in [-0.3, -0.25) is 0 Å². The lowest BCUT2D eigenvalue weighted by Crippen LogP contribution is -1.97. The highest BCUT2D eigenvalue weighted by Gasteiger charge is 2.04. The van der Waals surface area contributed by atoms with Gasteiger partial charge in [0.25, 0.3) is 0 Å². The van der Waals surface area contributed by atoms with Crippen LogP contribution in [0, 0.1) is 13.8 Å². The van der Waals surface area contributed by atoms with E-state index in [0.29, 0.717) is 5.95 Å². The minimum Gasteiger partial charge on any atom is -0.324 e. The molecule has 0 fully saturated rings. The fraction of sp³-hybridized carbons (Fsp3) is 0.125.